The third kappa shape index (κ3) is 6.16. The number of amides is 1. The molecule has 0 radical (unpaired) electrons. The summed E-state index contributed by atoms with van der Waals surface area (Å²) in [5, 5.41) is 3.21. The van der Waals surface area contributed by atoms with Crippen LogP contribution in [0.3, 0.4) is 0 Å². The van der Waals surface area contributed by atoms with Gasteiger partial charge in [-0.25, -0.2) is 12.8 Å². The van der Waals surface area contributed by atoms with Crippen molar-refractivity contribution in [3.05, 3.63) is 77.6 Å². The molecule has 232 valence electrons. The highest BCUT2D eigenvalue weighted by Gasteiger charge is 2.34. The lowest BCUT2D eigenvalue weighted by molar-refractivity contribution is -0.0645. The van der Waals surface area contributed by atoms with E-state index < -0.39 is 22.2 Å². The highest BCUT2D eigenvalue weighted by molar-refractivity contribution is 7.92. The number of fused-ring (bicyclic) bond motifs is 2. The SMILES string of the molecule is CNC(=O)c1c(-c2ccc(Oc3ccc(F)cc3)cc2)oc2cc3c(cc12)[C@H](C)O[C@H](CO[C@H]1CCOC1)CN3S(C)(=O)=O. The summed E-state index contributed by atoms with van der Waals surface area (Å²) in [6.45, 7) is 3.26. The first-order valence-corrected chi connectivity index (χ1v) is 16.1. The van der Waals surface area contributed by atoms with Crippen LogP contribution in [0.5, 0.6) is 11.5 Å². The van der Waals surface area contributed by atoms with Crippen molar-refractivity contribution in [1.29, 1.82) is 0 Å². The number of ether oxygens (including phenoxy) is 4. The van der Waals surface area contributed by atoms with E-state index in [0.29, 0.717) is 63.8 Å². The molecule has 3 aromatic carbocycles. The van der Waals surface area contributed by atoms with Gasteiger partial charge in [-0.1, -0.05) is 0 Å². The van der Waals surface area contributed by atoms with Crippen molar-refractivity contribution in [3.8, 4) is 22.8 Å². The molecule has 3 heterocycles. The fourth-order valence-electron chi connectivity index (χ4n) is 5.54. The Morgan fingerprint density at radius 2 is 1.80 bits per heavy atom. The molecular weight excluding hydrogens is 591 g/mol. The van der Waals surface area contributed by atoms with Gasteiger partial charge in [0, 0.05) is 36.2 Å². The third-order valence-electron chi connectivity index (χ3n) is 7.74. The van der Waals surface area contributed by atoms with Crippen molar-refractivity contribution in [2.75, 3.05) is 44.0 Å². The van der Waals surface area contributed by atoms with Gasteiger partial charge in [0.2, 0.25) is 10.0 Å². The van der Waals surface area contributed by atoms with Crippen LogP contribution >= 0.6 is 0 Å². The summed E-state index contributed by atoms with van der Waals surface area (Å²) < 4.78 is 70.5. The number of furan rings is 1. The molecule has 2 aliphatic heterocycles. The largest absolute Gasteiger partial charge is 0.457 e. The number of hydrogen-bond donors (Lipinski definition) is 1. The molecule has 1 amide bonds. The molecule has 0 aliphatic carbocycles. The smallest absolute Gasteiger partial charge is 0.255 e. The molecule has 44 heavy (non-hydrogen) atoms. The van der Waals surface area contributed by atoms with E-state index in [1.165, 1.54) is 35.6 Å². The Bertz CT molecular complexity index is 1770. The third-order valence-corrected chi connectivity index (χ3v) is 8.88. The van der Waals surface area contributed by atoms with Gasteiger partial charge in [-0.3, -0.25) is 9.10 Å². The normalized spacial score (nSPS) is 20.4. The Kier molecular flexibility index (Phi) is 8.34. The van der Waals surface area contributed by atoms with Crippen LogP contribution in [0.2, 0.25) is 0 Å². The van der Waals surface area contributed by atoms with Crippen LogP contribution in [-0.4, -0.2) is 66.2 Å². The molecule has 3 atom stereocenters. The maximum Gasteiger partial charge on any atom is 0.255 e. The monoisotopic (exact) mass is 624 g/mol. The predicted molar refractivity (Wildman–Crippen MR) is 162 cm³/mol. The zero-order chi connectivity index (χ0) is 31.0. The molecule has 4 aromatic rings. The van der Waals surface area contributed by atoms with E-state index in [1.807, 2.05) is 6.92 Å². The second kappa shape index (κ2) is 12.2. The first kappa shape index (κ1) is 30.1. The number of rotatable bonds is 8. The summed E-state index contributed by atoms with van der Waals surface area (Å²) in [6.07, 6.45) is 0.852. The minimum Gasteiger partial charge on any atom is -0.457 e. The van der Waals surface area contributed by atoms with Crippen molar-refractivity contribution < 1.29 is 41.0 Å². The fraction of sp³-hybridized carbons (Fsp3) is 0.344. The minimum atomic E-state index is -3.72. The lowest BCUT2D eigenvalue weighted by Gasteiger charge is -2.25. The quantitative estimate of drug-likeness (QED) is 0.276. The van der Waals surface area contributed by atoms with Crippen molar-refractivity contribution in [2.24, 2.45) is 0 Å². The second-order valence-electron chi connectivity index (χ2n) is 10.9. The Labute approximate surface area is 254 Å². The number of nitrogens with zero attached hydrogens (tertiary/aromatic N) is 1. The van der Waals surface area contributed by atoms with E-state index in [1.54, 1.807) is 36.4 Å². The van der Waals surface area contributed by atoms with E-state index in [2.05, 4.69) is 5.32 Å². The molecule has 1 N–H and O–H groups in total. The van der Waals surface area contributed by atoms with Crippen molar-refractivity contribution in [3.63, 3.8) is 0 Å². The lowest BCUT2D eigenvalue weighted by atomic mass is 10.0. The van der Waals surface area contributed by atoms with Gasteiger partial charge in [-0.15, -0.1) is 0 Å². The van der Waals surface area contributed by atoms with Crippen LogP contribution in [0.15, 0.2) is 65.1 Å². The van der Waals surface area contributed by atoms with Crippen molar-refractivity contribution in [1.82, 2.24) is 5.32 Å². The van der Waals surface area contributed by atoms with Gasteiger partial charge in [0.15, 0.2) is 0 Å². The number of carbonyl (C=O) groups excluding carboxylic acids is 1. The molecule has 6 rings (SSSR count). The Balaban J connectivity index is 1.37. The molecule has 0 bridgehead atoms. The van der Waals surface area contributed by atoms with E-state index in [9.17, 15) is 17.6 Å². The second-order valence-corrected chi connectivity index (χ2v) is 12.8. The van der Waals surface area contributed by atoms with E-state index in [4.69, 9.17) is 23.4 Å². The van der Waals surface area contributed by atoms with Crippen LogP contribution in [0.25, 0.3) is 22.3 Å². The van der Waals surface area contributed by atoms with Crippen LogP contribution < -0.4 is 14.4 Å². The van der Waals surface area contributed by atoms with Crippen LogP contribution in [0.4, 0.5) is 10.1 Å². The van der Waals surface area contributed by atoms with Crippen LogP contribution in [0.1, 0.15) is 35.4 Å². The van der Waals surface area contributed by atoms with Crippen molar-refractivity contribution >= 4 is 32.6 Å². The number of carbonyl (C=O) groups is 1. The van der Waals surface area contributed by atoms with Gasteiger partial charge in [0.25, 0.3) is 5.91 Å². The molecule has 0 spiro atoms. The molecule has 12 heteroatoms. The first-order chi connectivity index (χ1) is 21.1. The number of hydrogen-bond acceptors (Lipinski definition) is 8. The van der Waals surface area contributed by atoms with E-state index in [-0.39, 0.29) is 31.0 Å². The summed E-state index contributed by atoms with van der Waals surface area (Å²) in [4.78, 5) is 13.2. The van der Waals surface area contributed by atoms with Gasteiger partial charge in [-0.05, 0) is 67.9 Å². The number of nitrogens with one attached hydrogen (secondary N) is 1. The highest BCUT2D eigenvalue weighted by atomic mass is 32.2. The van der Waals surface area contributed by atoms with Gasteiger partial charge in [0.1, 0.15) is 34.8 Å². The van der Waals surface area contributed by atoms with Gasteiger partial charge in [0.05, 0.1) is 49.5 Å². The van der Waals surface area contributed by atoms with Gasteiger partial charge in [-0.2, -0.15) is 0 Å². The number of halogens is 1. The molecular formula is C32H33FN2O8S. The molecule has 2 aliphatic rings. The molecule has 1 saturated heterocycles. The molecule has 1 fully saturated rings. The minimum absolute atomic E-state index is 0.0503. The summed E-state index contributed by atoms with van der Waals surface area (Å²) in [5.41, 5.74) is 2.30. The lowest BCUT2D eigenvalue weighted by Crippen LogP contribution is -2.39. The number of benzene rings is 3. The summed E-state index contributed by atoms with van der Waals surface area (Å²) in [5.74, 6) is 0.581. The van der Waals surface area contributed by atoms with Gasteiger partial charge >= 0.3 is 0 Å². The fourth-order valence-corrected chi connectivity index (χ4v) is 6.49. The summed E-state index contributed by atoms with van der Waals surface area (Å²) in [6, 6.07) is 16.0. The Morgan fingerprint density at radius 1 is 1.09 bits per heavy atom. The van der Waals surface area contributed by atoms with Crippen molar-refractivity contribution in [2.45, 2.75) is 31.7 Å². The number of anilines is 1. The first-order valence-electron chi connectivity index (χ1n) is 14.3. The predicted octanol–water partition coefficient (Wildman–Crippen LogP) is 5.42. The standard InChI is InChI=1S/C32H33FN2O8S/c1-19-26-14-27-29(15-28(26)35(44(3,37)38)16-25(41-19)18-40-24-12-13-39-17-24)43-31(30(27)32(36)34-2)20-4-8-22(9-5-20)42-23-10-6-21(33)7-11-23/h4-11,14-15,19,24-25H,12-13,16-18H2,1-3H3,(H,34,36)/t19-,24-,25-/m0/s1. The average Bonchev–Trinajstić information content (AvgIpc) is 3.63. The summed E-state index contributed by atoms with van der Waals surface area (Å²) in [7, 11) is -2.18. The molecule has 0 unspecified atom stereocenters. The Morgan fingerprint density at radius 3 is 2.43 bits per heavy atom. The molecule has 1 aromatic heterocycles. The Hall–Kier alpha value is -3.97. The highest BCUT2D eigenvalue weighted by Crippen LogP contribution is 2.42. The average molecular weight is 625 g/mol. The topological polar surface area (TPSA) is 117 Å². The van der Waals surface area contributed by atoms with Crippen LogP contribution in [-0.2, 0) is 24.2 Å². The molecule has 10 nitrogen and oxygen atoms in total. The molecule has 0 saturated carbocycles. The van der Waals surface area contributed by atoms with Crippen LogP contribution in [0, 0.1) is 5.82 Å². The maximum absolute atomic E-state index is 13.3. The zero-order valence-corrected chi connectivity index (χ0v) is 25.4. The summed E-state index contributed by atoms with van der Waals surface area (Å²) >= 11 is 0. The maximum atomic E-state index is 13.3. The zero-order valence-electron chi connectivity index (χ0n) is 24.5. The number of sulfonamides is 1. The van der Waals surface area contributed by atoms with E-state index >= 15 is 0 Å². The van der Waals surface area contributed by atoms with E-state index in [0.717, 1.165) is 12.7 Å². The van der Waals surface area contributed by atoms with Gasteiger partial charge < -0.3 is 28.7 Å².